The summed E-state index contributed by atoms with van der Waals surface area (Å²) in [5.74, 6) is -0.0985. The predicted molar refractivity (Wildman–Crippen MR) is 116 cm³/mol. The fraction of sp³-hybridized carbons (Fsp3) is 0.500. The molecule has 1 aromatic heterocycles. The molecule has 0 amide bonds. The molecule has 1 N–H and O–H groups in total. The minimum atomic E-state index is -3.27. The maximum Gasteiger partial charge on any atom is 0.260 e. The summed E-state index contributed by atoms with van der Waals surface area (Å²) in [5.41, 5.74) is 4.80. The van der Waals surface area contributed by atoms with Crippen LogP contribution in [0.4, 0.5) is 0 Å². The minimum Gasteiger partial charge on any atom is -0.384 e. The molecule has 0 saturated carbocycles. The molecule has 1 saturated heterocycles. The summed E-state index contributed by atoms with van der Waals surface area (Å²) >= 11 is 0. The van der Waals surface area contributed by atoms with Crippen molar-refractivity contribution in [1.82, 2.24) is 14.8 Å². The number of rotatable bonds is 3. The number of nitrogens with one attached hydrogen (secondary N) is 1. The Labute approximate surface area is 176 Å². The van der Waals surface area contributed by atoms with Gasteiger partial charge in [-0.25, -0.2) is 8.42 Å². The Bertz CT molecular complexity index is 1180. The first kappa shape index (κ1) is 19.6. The summed E-state index contributed by atoms with van der Waals surface area (Å²) in [6, 6.07) is 2.31. The maximum absolute atomic E-state index is 13.2. The molecule has 1 fully saturated rings. The summed E-state index contributed by atoms with van der Waals surface area (Å²) < 4.78 is 31.8. The second-order valence-electron chi connectivity index (χ2n) is 8.74. The van der Waals surface area contributed by atoms with Crippen molar-refractivity contribution in [3.8, 4) is 0 Å². The van der Waals surface area contributed by atoms with E-state index in [2.05, 4.69) is 23.3 Å². The lowest BCUT2D eigenvalue weighted by Gasteiger charge is -2.37. The Hall–Kier alpha value is -2.32. The third-order valence-electron chi connectivity index (χ3n) is 6.61. The molecule has 5 rings (SSSR count). The number of pyridine rings is 1. The van der Waals surface area contributed by atoms with Crippen molar-refractivity contribution in [2.24, 2.45) is 7.05 Å². The van der Waals surface area contributed by atoms with Crippen molar-refractivity contribution in [1.29, 1.82) is 0 Å². The molecule has 1 aliphatic carbocycles. The van der Waals surface area contributed by atoms with E-state index in [4.69, 9.17) is 4.74 Å². The lowest BCUT2D eigenvalue weighted by atomic mass is 9.91. The number of sulfone groups is 1. The molecule has 4 heterocycles. The van der Waals surface area contributed by atoms with Crippen LogP contribution in [-0.4, -0.2) is 61.2 Å². The van der Waals surface area contributed by atoms with E-state index in [0.717, 1.165) is 42.8 Å². The summed E-state index contributed by atoms with van der Waals surface area (Å²) in [6.07, 6.45) is 9.12. The molecule has 1 aromatic rings. The monoisotopic (exact) mass is 429 g/mol. The summed E-state index contributed by atoms with van der Waals surface area (Å²) in [7, 11) is -1.54. The van der Waals surface area contributed by atoms with E-state index in [1.165, 1.54) is 6.26 Å². The first-order chi connectivity index (χ1) is 14.2. The Kier molecular flexibility index (Phi) is 4.48. The van der Waals surface area contributed by atoms with Crippen LogP contribution in [-0.2, 0) is 21.6 Å². The zero-order chi connectivity index (χ0) is 21.2. The highest BCUT2D eigenvalue weighted by molar-refractivity contribution is 7.91. The van der Waals surface area contributed by atoms with Gasteiger partial charge in [0.1, 0.15) is 0 Å². The normalized spacial score (nSPS) is 27.8. The molecule has 7 nitrogen and oxygen atoms in total. The highest BCUT2D eigenvalue weighted by Gasteiger charge is 2.42. The molecule has 8 heteroatoms. The van der Waals surface area contributed by atoms with Crippen LogP contribution in [0.15, 0.2) is 40.5 Å². The van der Waals surface area contributed by atoms with E-state index >= 15 is 0 Å². The van der Waals surface area contributed by atoms with Crippen LogP contribution in [0.3, 0.4) is 0 Å². The largest absolute Gasteiger partial charge is 0.384 e. The Morgan fingerprint density at radius 1 is 1.30 bits per heavy atom. The molecule has 0 spiro atoms. The van der Waals surface area contributed by atoms with Gasteiger partial charge in [-0.3, -0.25) is 4.79 Å². The van der Waals surface area contributed by atoms with Crippen molar-refractivity contribution >= 4 is 21.1 Å². The molecule has 3 aliphatic heterocycles. The van der Waals surface area contributed by atoms with E-state index < -0.39 is 9.84 Å². The molecule has 30 heavy (non-hydrogen) atoms. The van der Waals surface area contributed by atoms with E-state index in [1.54, 1.807) is 17.8 Å². The fourth-order valence-electron chi connectivity index (χ4n) is 5.28. The Morgan fingerprint density at radius 3 is 2.80 bits per heavy atom. The van der Waals surface area contributed by atoms with Crippen molar-refractivity contribution in [2.75, 3.05) is 25.2 Å². The van der Waals surface area contributed by atoms with Gasteiger partial charge >= 0.3 is 0 Å². The van der Waals surface area contributed by atoms with Gasteiger partial charge in [0.25, 0.3) is 5.56 Å². The molecule has 0 radical (unpaired) electrons. The van der Waals surface area contributed by atoms with Crippen molar-refractivity contribution < 1.29 is 13.2 Å². The van der Waals surface area contributed by atoms with Gasteiger partial charge in [0.05, 0.1) is 35.2 Å². The van der Waals surface area contributed by atoms with Crippen molar-refractivity contribution in [3.05, 3.63) is 57.2 Å². The minimum absolute atomic E-state index is 0.0985. The number of nitrogens with zero attached hydrogens (tertiary/aromatic N) is 2. The maximum atomic E-state index is 13.2. The third kappa shape index (κ3) is 3.04. The average molecular weight is 430 g/mol. The van der Waals surface area contributed by atoms with Gasteiger partial charge in [0.15, 0.2) is 9.84 Å². The number of fused-ring (bicyclic) bond motifs is 2. The summed E-state index contributed by atoms with van der Waals surface area (Å²) in [6.45, 7) is 3.62. The smallest absolute Gasteiger partial charge is 0.260 e. The van der Waals surface area contributed by atoms with Gasteiger partial charge in [-0.05, 0) is 48.6 Å². The van der Waals surface area contributed by atoms with Gasteiger partial charge in [-0.15, -0.1) is 0 Å². The molecule has 3 unspecified atom stereocenters. The highest BCUT2D eigenvalue weighted by atomic mass is 32.2. The van der Waals surface area contributed by atoms with Crippen molar-refractivity contribution in [3.63, 3.8) is 0 Å². The lowest BCUT2D eigenvalue weighted by molar-refractivity contribution is 0.0829. The number of ether oxygens (including phenoxy) is 1. The van der Waals surface area contributed by atoms with E-state index in [9.17, 15) is 13.2 Å². The van der Waals surface area contributed by atoms with Gasteiger partial charge in [0, 0.05) is 44.4 Å². The first-order valence-electron chi connectivity index (χ1n) is 10.4. The van der Waals surface area contributed by atoms with Gasteiger partial charge < -0.3 is 19.5 Å². The van der Waals surface area contributed by atoms with Gasteiger partial charge in [0.2, 0.25) is 0 Å². The molecule has 160 valence electrons. The molecule has 4 aliphatic rings. The van der Waals surface area contributed by atoms with Crippen LogP contribution >= 0.6 is 0 Å². The fourth-order valence-corrected chi connectivity index (χ4v) is 6.08. The van der Waals surface area contributed by atoms with Crippen LogP contribution in [0.5, 0.6) is 0 Å². The van der Waals surface area contributed by atoms with Crippen LogP contribution < -0.4 is 10.9 Å². The summed E-state index contributed by atoms with van der Waals surface area (Å²) in [5, 5.41) is 3.48. The van der Waals surface area contributed by atoms with E-state index in [0.29, 0.717) is 16.7 Å². The van der Waals surface area contributed by atoms with Crippen LogP contribution in [0.25, 0.3) is 11.3 Å². The standard InChI is InChI=1S/C22H27N3O4S/c1-13-17(6-9-29-13)25-11-14-10-15(12-30(3,27)28)16-5-8-24(2)22(26)20(16)21-19(14)18(25)4-7-23-21/h5,8,10-11,13,17-18,23H,4,6-7,9,12H2,1-3H3. The van der Waals surface area contributed by atoms with Gasteiger partial charge in [-0.2, -0.15) is 0 Å². The zero-order valence-electron chi connectivity index (χ0n) is 17.5. The quantitative estimate of drug-likeness (QED) is 0.780. The molecular weight excluding hydrogens is 402 g/mol. The molecular formula is C22H27N3O4S. The highest BCUT2D eigenvalue weighted by Crippen LogP contribution is 2.44. The second-order valence-corrected chi connectivity index (χ2v) is 10.9. The van der Waals surface area contributed by atoms with Crippen LogP contribution in [0.2, 0.25) is 0 Å². The van der Waals surface area contributed by atoms with E-state index in [-0.39, 0.29) is 29.5 Å². The summed E-state index contributed by atoms with van der Waals surface area (Å²) in [4.78, 5) is 15.6. The number of allylic oxidation sites excluding steroid dienone is 1. The molecule has 3 atom stereocenters. The SMILES string of the molecule is CC1OCCC1N1C=C2C=C(CS(C)(=O)=O)c3ccn(C)c(=O)c3C3=C2C1CCN3. The Morgan fingerprint density at radius 2 is 2.10 bits per heavy atom. The topological polar surface area (TPSA) is 80.6 Å². The lowest BCUT2D eigenvalue weighted by Crippen LogP contribution is -2.45. The van der Waals surface area contributed by atoms with E-state index in [1.807, 2.05) is 12.1 Å². The van der Waals surface area contributed by atoms with Crippen molar-refractivity contribution in [2.45, 2.75) is 38.0 Å². The average Bonchev–Trinajstić information content (AvgIpc) is 3.22. The molecule has 0 bridgehead atoms. The zero-order valence-corrected chi connectivity index (χ0v) is 18.3. The first-order valence-corrected chi connectivity index (χ1v) is 12.5. The predicted octanol–water partition coefficient (Wildman–Crippen LogP) is 1.28. The van der Waals surface area contributed by atoms with Gasteiger partial charge in [-0.1, -0.05) is 0 Å². The Balaban J connectivity index is 1.75. The number of hydrogen-bond acceptors (Lipinski definition) is 6. The second kappa shape index (κ2) is 6.85. The number of aromatic nitrogens is 1. The van der Waals surface area contributed by atoms with Crippen LogP contribution in [0, 0.1) is 0 Å². The number of aryl methyl sites for hydroxylation is 1. The number of hydrogen-bond donors (Lipinski definition) is 1. The van der Waals surface area contributed by atoms with Crippen LogP contribution in [0.1, 0.15) is 30.9 Å². The third-order valence-corrected chi connectivity index (χ3v) is 7.45. The molecule has 0 aromatic carbocycles.